The number of aryl methyl sites for hydroxylation is 1. The number of aromatic nitrogens is 2. The summed E-state index contributed by atoms with van der Waals surface area (Å²) in [5.74, 6) is -0.556. The van der Waals surface area contributed by atoms with Gasteiger partial charge in [-0.3, -0.25) is 4.79 Å². The first-order chi connectivity index (χ1) is 15.4. The molecule has 6 nitrogen and oxygen atoms in total. The second-order valence-electron chi connectivity index (χ2n) is 9.20. The molecule has 1 aliphatic carbocycles. The molecule has 0 amide bonds. The molecule has 2 heterocycles. The number of aliphatic hydroxyl groups is 1. The third kappa shape index (κ3) is 3.76. The average molecular weight is 454 g/mol. The number of hydrogen-bond donors (Lipinski definition) is 3. The van der Waals surface area contributed by atoms with E-state index in [2.05, 4.69) is 28.9 Å². The lowest BCUT2D eigenvalue weighted by Crippen LogP contribution is -2.26. The minimum absolute atomic E-state index is 0.0211. The third-order valence-electron chi connectivity index (χ3n) is 6.99. The molecule has 3 aromatic rings. The van der Waals surface area contributed by atoms with Gasteiger partial charge in [0.1, 0.15) is 11.9 Å². The second kappa shape index (κ2) is 8.41. The predicted octanol–water partition coefficient (Wildman–Crippen LogP) is 5.33. The number of halogens is 1. The van der Waals surface area contributed by atoms with Gasteiger partial charge < -0.3 is 20.1 Å². The molecule has 3 unspecified atom stereocenters. The molecule has 2 aromatic carbocycles. The molecule has 4 atom stereocenters. The van der Waals surface area contributed by atoms with Crippen molar-refractivity contribution in [2.75, 3.05) is 5.32 Å². The highest BCUT2D eigenvalue weighted by Gasteiger charge is 2.33. The zero-order chi connectivity index (χ0) is 22.4. The van der Waals surface area contributed by atoms with E-state index >= 15 is 0 Å². The van der Waals surface area contributed by atoms with Gasteiger partial charge in [0, 0.05) is 28.4 Å². The minimum atomic E-state index is -0.947. The van der Waals surface area contributed by atoms with Gasteiger partial charge in [-0.2, -0.15) is 0 Å². The fraction of sp³-hybridized carbons (Fsp3) is 0.440. The van der Waals surface area contributed by atoms with Crippen LogP contribution in [0.3, 0.4) is 0 Å². The molecule has 5 rings (SSSR count). The van der Waals surface area contributed by atoms with Crippen LogP contribution in [0.15, 0.2) is 36.4 Å². The van der Waals surface area contributed by atoms with Crippen molar-refractivity contribution in [3.8, 4) is 0 Å². The van der Waals surface area contributed by atoms with Gasteiger partial charge in [0.2, 0.25) is 0 Å². The maximum absolute atomic E-state index is 11.7. The van der Waals surface area contributed by atoms with Crippen molar-refractivity contribution in [1.82, 2.24) is 9.55 Å². The molecule has 2 aliphatic rings. The van der Waals surface area contributed by atoms with Crippen LogP contribution in [0.5, 0.6) is 0 Å². The summed E-state index contributed by atoms with van der Waals surface area (Å²) in [4.78, 5) is 16.7. The molecule has 1 saturated carbocycles. The molecule has 168 valence electrons. The quantitative estimate of drug-likeness (QED) is 0.496. The summed E-state index contributed by atoms with van der Waals surface area (Å²) in [7, 11) is 0. The molecule has 0 bridgehead atoms. The second-order valence-corrected chi connectivity index (χ2v) is 9.63. The number of hydrogen-bond acceptors (Lipinski definition) is 4. The summed E-state index contributed by atoms with van der Waals surface area (Å²) < 4.78 is 2.11. The van der Waals surface area contributed by atoms with Crippen LogP contribution in [0.25, 0.3) is 11.0 Å². The van der Waals surface area contributed by atoms with Gasteiger partial charge >= 0.3 is 5.97 Å². The zero-order valence-corrected chi connectivity index (χ0v) is 18.8. The van der Waals surface area contributed by atoms with E-state index in [9.17, 15) is 15.0 Å². The van der Waals surface area contributed by atoms with E-state index in [1.807, 2.05) is 12.1 Å². The van der Waals surface area contributed by atoms with E-state index in [1.54, 1.807) is 12.1 Å². The Labute approximate surface area is 192 Å². The maximum Gasteiger partial charge on any atom is 0.306 e. The lowest BCUT2D eigenvalue weighted by atomic mass is 9.85. The lowest BCUT2D eigenvalue weighted by molar-refractivity contribution is -0.143. The number of aliphatic hydroxyl groups excluding tert-OH is 1. The molecular weight excluding hydrogens is 426 g/mol. The number of aliphatic carboxylic acids is 1. The van der Waals surface area contributed by atoms with Crippen LogP contribution in [0.2, 0.25) is 5.02 Å². The predicted molar refractivity (Wildman–Crippen MR) is 125 cm³/mol. The summed E-state index contributed by atoms with van der Waals surface area (Å²) in [6, 6.07) is 11.8. The number of carboxylic acids is 1. The van der Waals surface area contributed by atoms with E-state index in [1.165, 1.54) is 5.56 Å². The minimum Gasteiger partial charge on any atom is -0.481 e. The maximum atomic E-state index is 11.7. The summed E-state index contributed by atoms with van der Waals surface area (Å²) in [6.07, 6.45) is 3.96. The Morgan fingerprint density at radius 2 is 2.09 bits per heavy atom. The molecule has 32 heavy (non-hydrogen) atoms. The van der Waals surface area contributed by atoms with Crippen LogP contribution in [0.1, 0.15) is 68.1 Å². The number of fused-ring (bicyclic) bond motifs is 3. The van der Waals surface area contributed by atoms with Crippen molar-refractivity contribution in [1.29, 1.82) is 0 Å². The van der Waals surface area contributed by atoms with E-state index in [0.717, 1.165) is 42.4 Å². The number of nitrogens with zero attached hydrogens (tertiary/aromatic N) is 2. The van der Waals surface area contributed by atoms with Crippen molar-refractivity contribution in [2.45, 2.75) is 63.6 Å². The summed E-state index contributed by atoms with van der Waals surface area (Å²) in [6.45, 7) is 2.17. The van der Waals surface area contributed by atoms with Gasteiger partial charge in [-0.25, -0.2) is 4.98 Å². The molecule has 0 radical (unpaired) electrons. The number of anilines is 1. The first-order valence-corrected chi connectivity index (χ1v) is 11.8. The van der Waals surface area contributed by atoms with Crippen LogP contribution in [-0.2, 0) is 11.2 Å². The SMILES string of the molecule is C[C@H]1CCc2c(ccc3c2nc(C(O)c2cccc(Cl)c2)n3C2CCCC(C(=O)O)C2)N1. The average Bonchev–Trinajstić information content (AvgIpc) is 3.18. The zero-order valence-electron chi connectivity index (χ0n) is 18.1. The van der Waals surface area contributed by atoms with Crippen molar-refractivity contribution in [3.63, 3.8) is 0 Å². The highest BCUT2D eigenvalue weighted by molar-refractivity contribution is 6.30. The Morgan fingerprint density at radius 1 is 1.25 bits per heavy atom. The van der Waals surface area contributed by atoms with Gasteiger partial charge in [-0.1, -0.05) is 30.2 Å². The number of carboxylic acid groups (broad SMARTS) is 1. The normalized spacial score (nSPS) is 24.0. The van der Waals surface area contributed by atoms with E-state index < -0.39 is 12.1 Å². The Hall–Kier alpha value is -2.57. The molecule has 3 N–H and O–H groups in total. The van der Waals surface area contributed by atoms with Crippen LogP contribution < -0.4 is 5.32 Å². The van der Waals surface area contributed by atoms with Crippen molar-refractivity contribution in [2.24, 2.45) is 5.92 Å². The van der Waals surface area contributed by atoms with Crippen LogP contribution in [0, 0.1) is 5.92 Å². The smallest absolute Gasteiger partial charge is 0.306 e. The highest BCUT2D eigenvalue weighted by Crippen LogP contribution is 2.40. The van der Waals surface area contributed by atoms with Gasteiger partial charge in [0.15, 0.2) is 0 Å². The largest absolute Gasteiger partial charge is 0.481 e. The Kier molecular flexibility index (Phi) is 5.59. The molecule has 1 aliphatic heterocycles. The Bertz CT molecular complexity index is 1170. The van der Waals surface area contributed by atoms with E-state index in [4.69, 9.17) is 16.6 Å². The topological polar surface area (TPSA) is 87.4 Å². The van der Waals surface area contributed by atoms with Gasteiger partial charge in [0.25, 0.3) is 0 Å². The van der Waals surface area contributed by atoms with E-state index in [-0.39, 0.29) is 12.0 Å². The standard InChI is InChI=1S/C25H28ClN3O3/c1-14-8-9-19-20(27-14)10-11-21-22(19)28-24(23(30)15-4-2-6-17(26)12-15)29(21)18-7-3-5-16(13-18)25(31)32/h2,4,6,10-12,14,16,18,23,27,30H,3,5,7-9,13H2,1H3,(H,31,32)/t14-,16?,18?,23?/m0/s1. The van der Waals surface area contributed by atoms with Gasteiger partial charge in [-0.15, -0.1) is 0 Å². The number of rotatable bonds is 4. The van der Waals surface area contributed by atoms with E-state index in [0.29, 0.717) is 35.3 Å². The van der Waals surface area contributed by atoms with Gasteiger partial charge in [0.05, 0.1) is 17.0 Å². The number of nitrogens with one attached hydrogen (secondary N) is 1. The first kappa shape index (κ1) is 21.3. The Morgan fingerprint density at radius 3 is 2.88 bits per heavy atom. The first-order valence-electron chi connectivity index (χ1n) is 11.4. The number of imidazole rings is 1. The fourth-order valence-electron chi connectivity index (χ4n) is 5.35. The third-order valence-corrected chi connectivity index (χ3v) is 7.23. The van der Waals surface area contributed by atoms with Crippen molar-refractivity contribution in [3.05, 3.63) is 58.4 Å². The molecule has 7 heteroatoms. The number of carbonyl (C=O) groups is 1. The Balaban J connectivity index is 1.67. The monoisotopic (exact) mass is 453 g/mol. The van der Waals surface area contributed by atoms with Gasteiger partial charge in [-0.05, 0) is 68.9 Å². The number of benzene rings is 2. The molecule has 0 spiro atoms. The summed E-state index contributed by atoms with van der Waals surface area (Å²) in [5.41, 5.74) is 4.81. The molecule has 0 saturated heterocycles. The van der Waals surface area contributed by atoms with Crippen LogP contribution >= 0.6 is 11.6 Å². The molecule has 1 fully saturated rings. The van der Waals surface area contributed by atoms with Crippen LogP contribution in [0.4, 0.5) is 5.69 Å². The molecule has 1 aromatic heterocycles. The summed E-state index contributed by atoms with van der Waals surface area (Å²) in [5, 5.41) is 25.1. The van der Waals surface area contributed by atoms with Crippen molar-refractivity contribution < 1.29 is 15.0 Å². The summed E-state index contributed by atoms with van der Waals surface area (Å²) >= 11 is 6.19. The highest BCUT2D eigenvalue weighted by atomic mass is 35.5. The molecular formula is C25H28ClN3O3. The fourth-order valence-corrected chi connectivity index (χ4v) is 5.55. The van der Waals surface area contributed by atoms with Crippen molar-refractivity contribution >= 4 is 34.3 Å². The lowest BCUT2D eigenvalue weighted by Gasteiger charge is -2.30. The van der Waals surface area contributed by atoms with Crippen LogP contribution in [-0.4, -0.2) is 31.8 Å².